The van der Waals surface area contributed by atoms with E-state index in [0.29, 0.717) is 11.1 Å². The molecule has 0 bridgehead atoms. The fourth-order valence-electron chi connectivity index (χ4n) is 0.912. The lowest BCUT2D eigenvalue weighted by molar-refractivity contribution is 0.319. The number of benzene rings is 1. The molecule has 0 atom stereocenters. The molecule has 1 aromatic rings. The van der Waals surface area contributed by atoms with E-state index in [1.54, 1.807) is 24.3 Å². The Hall–Kier alpha value is -2.08. The molecule has 72 valence electrons. The van der Waals surface area contributed by atoms with Gasteiger partial charge in [-0.25, -0.2) is 5.53 Å². The third-order valence-electron chi connectivity index (χ3n) is 1.65. The number of rotatable bonds is 2. The van der Waals surface area contributed by atoms with Gasteiger partial charge in [0.05, 0.1) is 0 Å². The van der Waals surface area contributed by atoms with Gasteiger partial charge >= 0.3 is 0 Å². The molecule has 0 aliphatic rings. The number of hydrogen-bond acceptors (Lipinski definition) is 5. The van der Waals surface area contributed by atoms with Crippen molar-refractivity contribution >= 4 is 11.7 Å². The second kappa shape index (κ2) is 4.24. The van der Waals surface area contributed by atoms with E-state index in [0.717, 1.165) is 0 Å². The van der Waals surface area contributed by atoms with Crippen molar-refractivity contribution < 1.29 is 4.84 Å². The van der Waals surface area contributed by atoms with Crippen LogP contribution in [-0.4, -0.2) is 11.7 Å². The summed E-state index contributed by atoms with van der Waals surface area (Å²) in [6, 6.07) is 6.29. The van der Waals surface area contributed by atoms with Crippen molar-refractivity contribution in [3.8, 4) is 0 Å². The number of nitrogens with one attached hydrogen (secondary N) is 3. The van der Waals surface area contributed by atoms with E-state index >= 15 is 0 Å². The second-order valence-corrected chi connectivity index (χ2v) is 2.48. The van der Waals surface area contributed by atoms with Crippen molar-refractivity contribution in [3.63, 3.8) is 0 Å². The van der Waals surface area contributed by atoms with Crippen molar-refractivity contribution in [1.82, 2.24) is 0 Å². The minimum absolute atomic E-state index is 0.128. The van der Waals surface area contributed by atoms with Crippen molar-refractivity contribution in [3.05, 3.63) is 35.4 Å². The van der Waals surface area contributed by atoms with Crippen LogP contribution in [0.25, 0.3) is 0 Å². The van der Waals surface area contributed by atoms with E-state index in [9.17, 15) is 0 Å². The van der Waals surface area contributed by atoms with Gasteiger partial charge in [-0.05, 0) is 12.1 Å². The Balaban J connectivity index is 2.94. The molecule has 0 radical (unpaired) electrons. The van der Waals surface area contributed by atoms with E-state index in [4.69, 9.17) is 22.2 Å². The summed E-state index contributed by atoms with van der Waals surface area (Å²) in [5.74, 6) is 4.54. The van der Waals surface area contributed by atoms with Crippen LogP contribution < -0.4 is 5.90 Å². The smallest absolute Gasteiger partial charge is 0.237 e. The molecule has 14 heavy (non-hydrogen) atoms. The van der Waals surface area contributed by atoms with Gasteiger partial charge in [-0.2, -0.15) is 5.90 Å². The molecule has 0 heterocycles. The van der Waals surface area contributed by atoms with E-state index < -0.39 is 0 Å². The maximum Gasteiger partial charge on any atom is 0.237 e. The fraction of sp³-hybridized carbons (Fsp3) is 0. The van der Waals surface area contributed by atoms with Crippen LogP contribution >= 0.6 is 0 Å². The van der Waals surface area contributed by atoms with Crippen LogP contribution in [0.4, 0.5) is 0 Å². The lowest BCUT2D eigenvalue weighted by Crippen LogP contribution is -2.10. The number of nitrogens with zero attached hydrogens (tertiary/aromatic N) is 1. The SMILES string of the molecule is N=NC(=N)c1ccc(C(=N)ON)cc1. The van der Waals surface area contributed by atoms with E-state index in [2.05, 4.69) is 9.95 Å². The van der Waals surface area contributed by atoms with Crippen molar-refractivity contribution in [2.75, 3.05) is 0 Å². The Labute approximate surface area is 80.2 Å². The Morgan fingerprint density at radius 2 is 1.64 bits per heavy atom. The van der Waals surface area contributed by atoms with Crippen LogP contribution in [0.15, 0.2) is 29.4 Å². The van der Waals surface area contributed by atoms with Crippen LogP contribution in [0.5, 0.6) is 0 Å². The third-order valence-corrected chi connectivity index (χ3v) is 1.65. The summed E-state index contributed by atoms with van der Waals surface area (Å²) in [5, 5.41) is 17.5. The molecular formula is C8H9N5O. The first-order valence-electron chi connectivity index (χ1n) is 3.71. The van der Waals surface area contributed by atoms with Gasteiger partial charge in [0.1, 0.15) is 0 Å². The largest absolute Gasteiger partial charge is 0.391 e. The summed E-state index contributed by atoms with van der Waals surface area (Å²) in [5.41, 5.74) is 7.65. The maximum atomic E-state index is 7.24. The molecular weight excluding hydrogens is 182 g/mol. The molecule has 0 fully saturated rings. The van der Waals surface area contributed by atoms with Gasteiger partial charge in [0.25, 0.3) is 0 Å². The number of nitrogens with two attached hydrogens (primary N) is 1. The van der Waals surface area contributed by atoms with Gasteiger partial charge in [0, 0.05) is 11.1 Å². The zero-order valence-electron chi connectivity index (χ0n) is 7.24. The van der Waals surface area contributed by atoms with E-state index in [1.807, 2.05) is 0 Å². The summed E-state index contributed by atoms with van der Waals surface area (Å²) in [7, 11) is 0. The summed E-state index contributed by atoms with van der Waals surface area (Å²) in [6.07, 6.45) is 0. The van der Waals surface area contributed by atoms with Crippen molar-refractivity contribution in [2.45, 2.75) is 0 Å². The highest BCUT2D eigenvalue weighted by molar-refractivity contribution is 5.98. The summed E-state index contributed by atoms with van der Waals surface area (Å²) in [6.45, 7) is 0. The molecule has 0 unspecified atom stereocenters. The number of amidine groups is 1. The molecule has 5 N–H and O–H groups in total. The lowest BCUT2D eigenvalue weighted by atomic mass is 10.1. The van der Waals surface area contributed by atoms with Crippen LogP contribution in [0.1, 0.15) is 11.1 Å². The zero-order valence-corrected chi connectivity index (χ0v) is 7.24. The minimum Gasteiger partial charge on any atom is -0.391 e. The molecule has 0 aliphatic heterocycles. The molecule has 0 saturated carbocycles. The van der Waals surface area contributed by atoms with Gasteiger partial charge in [-0.3, -0.25) is 10.8 Å². The summed E-state index contributed by atoms with van der Waals surface area (Å²) < 4.78 is 0. The Morgan fingerprint density at radius 1 is 1.14 bits per heavy atom. The van der Waals surface area contributed by atoms with Gasteiger partial charge < -0.3 is 4.84 Å². The third kappa shape index (κ3) is 1.99. The molecule has 0 aromatic heterocycles. The summed E-state index contributed by atoms with van der Waals surface area (Å²) in [4.78, 5) is 4.23. The predicted octanol–water partition coefficient (Wildman–Crippen LogP) is 1.26. The normalized spacial score (nSPS) is 9.21. The lowest BCUT2D eigenvalue weighted by Gasteiger charge is -2.01. The second-order valence-electron chi connectivity index (χ2n) is 2.48. The average molecular weight is 191 g/mol. The number of hydrogen-bond donors (Lipinski definition) is 4. The highest BCUT2D eigenvalue weighted by Gasteiger charge is 2.03. The minimum atomic E-state index is -0.147. The first kappa shape index (κ1) is 10.0. The first-order chi connectivity index (χ1) is 6.69. The van der Waals surface area contributed by atoms with Crippen LogP contribution in [-0.2, 0) is 4.84 Å². The predicted molar refractivity (Wildman–Crippen MR) is 50.5 cm³/mol. The first-order valence-corrected chi connectivity index (χ1v) is 3.71. The zero-order chi connectivity index (χ0) is 10.6. The molecule has 0 amide bonds. The van der Waals surface area contributed by atoms with Crippen LogP contribution in [0, 0.1) is 16.3 Å². The molecule has 6 heteroatoms. The average Bonchev–Trinajstić information content (AvgIpc) is 2.27. The highest BCUT2D eigenvalue weighted by atomic mass is 16.6. The van der Waals surface area contributed by atoms with Gasteiger partial charge in [-0.1, -0.05) is 12.1 Å². The highest BCUT2D eigenvalue weighted by Crippen LogP contribution is 2.06. The van der Waals surface area contributed by atoms with E-state index in [1.165, 1.54) is 0 Å². The van der Waals surface area contributed by atoms with Gasteiger partial charge in [0.2, 0.25) is 5.90 Å². The topological polar surface area (TPSA) is 119 Å². The maximum absolute atomic E-state index is 7.24. The Kier molecular flexibility index (Phi) is 3.03. The molecule has 0 aliphatic carbocycles. The quantitative estimate of drug-likeness (QED) is 0.243. The molecule has 0 saturated heterocycles. The van der Waals surface area contributed by atoms with Crippen LogP contribution in [0.3, 0.4) is 0 Å². The van der Waals surface area contributed by atoms with Gasteiger partial charge in [0.15, 0.2) is 5.84 Å². The Morgan fingerprint density at radius 3 is 2.07 bits per heavy atom. The Bertz CT molecular complexity index is 370. The monoisotopic (exact) mass is 191 g/mol. The standard InChI is InChI=1S/C8H9N5O/c9-7(13-11)5-1-3-6(4-2-5)8(10)14-12/h1-4,9-11H,12H2. The molecule has 6 nitrogen and oxygen atoms in total. The molecule has 1 rings (SSSR count). The fourth-order valence-corrected chi connectivity index (χ4v) is 0.912. The van der Waals surface area contributed by atoms with Crippen molar-refractivity contribution in [1.29, 1.82) is 16.3 Å². The summed E-state index contributed by atoms with van der Waals surface area (Å²) >= 11 is 0. The molecule has 0 spiro atoms. The van der Waals surface area contributed by atoms with Gasteiger partial charge in [-0.15, -0.1) is 5.11 Å². The van der Waals surface area contributed by atoms with Crippen LogP contribution in [0.2, 0.25) is 0 Å². The molecule has 1 aromatic carbocycles. The van der Waals surface area contributed by atoms with Crippen molar-refractivity contribution in [2.24, 2.45) is 11.0 Å². The van der Waals surface area contributed by atoms with E-state index in [-0.39, 0.29) is 11.7 Å².